The molecule has 0 spiro atoms. The molecule has 1 rings (SSSR count). The maximum Gasteiger partial charge on any atom is 0.124 e. The third-order valence-corrected chi connectivity index (χ3v) is 2.18. The largest absolute Gasteiger partial charge is 0.508 e. The van der Waals surface area contributed by atoms with Crippen LogP contribution in [-0.4, -0.2) is 16.8 Å². The smallest absolute Gasteiger partial charge is 0.124 e. The Kier molecular flexibility index (Phi) is 3.77. The van der Waals surface area contributed by atoms with E-state index in [1.807, 2.05) is 6.92 Å². The fourth-order valence-corrected chi connectivity index (χ4v) is 1.37. The van der Waals surface area contributed by atoms with Gasteiger partial charge in [-0.2, -0.15) is 0 Å². The van der Waals surface area contributed by atoms with Crippen molar-refractivity contribution in [2.75, 3.05) is 6.54 Å². The molecule has 0 bridgehead atoms. The van der Waals surface area contributed by atoms with E-state index < -0.39 is 0 Å². The van der Waals surface area contributed by atoms with Crippen LogP contribution in [0.2, 0.25) is 0 Å². The number of aromatic hydroxyl groups is 2. The summed E-state index contributed by atoms with van der Waals surface area (Å²) in [4.78, 5) is 0. The quantitative estimate of drug-likeness (QED) is 0.690. The summed E-state index contributed by atoms with van der Waals surface area (Å²) in [6.07, 6.45) is 1.06. The monoisotopic (exact) mass is 195 g/mol. The topological polar surface area (TPSA) is 52.5 Å². The number of phenols is 2. The summed E-state index contributed by atoms with van der Waals surface area (Å²) < 4.78 is 0. The summed E-state index contributed by atoms with van der Waals surface area (Å²) >= 11 is 0. The van der Waals surface area contributed by atoms with Gasteiger partial charge in [-0.25, -0.2) is 0 Å². The molecule has 0 saturated carbocycles. The Morgan fingerprint density at radius 3 is 2.64 bits per heavy atom. The first-order chi connectivity index (χ1) is 6.65. The first-order valence-corrected chi connectivity index (χ1v) is 4.90. The lowest BCUT2D eigenvalue weighted by Crippen LogP contribution is -2.19. The number of hydrogen-bond donors (Lipinski definition) is 3. The molecule has 78 valence electrons. The van der Waals surface area contributed by atoms with E-state index in [1.165, 1.54) is 6.07 Å². The molecule has 3 heteroatoms. The summed E-state index contributed by atoms with van der Waals surface area (Å²) in [5.41, 5.74) is 0.816. The molecule has 1 aromatic carbocycles. The Morgan fingerprint density at radius 2 is 2.07 bits per heavy atom. The van der Waals surface area contributed by atoms with Gasteiger partial charge in [0.25, 0.3) is 0 Å². The third-order valence-electron chi connectivity index (χ3n) is 2.18. The SMILES string of the molecule is CCCNC(C)c1ccc(O)cc1O. The fraction of sp³-hybridized carbons (Fsp3) is 0.455. The van der Waals surface area contributed by atoms with Gasteiger partial charge in [0.2, 0.25) is 0 Å². The summed E-state index contributed by atoms with van der Waals surface area (Å²) in [6, 6.07) is 4.78. The van der Waals surface area contributed by atoms with Crippen molar-refractivity contribution in [1.82, 2.24) is 5.32 Å². The lowest BCUT2D eigenvalue weighted by atomic mass is 10.1. The number of nitrogens with one attached hydrogen (secondary N) is 1. The molecule has 0 heterocycles. The van der Waals surface area contributed by atoms with E-state index in [9.17, 15) is 5.11 Å². The zero-order valence-electron chi connectivity index (χ0n) is 8.62. The number of benzene rings is 1. The minimum absolute atomic E-state index is 0.0916. The minimum atomic E-state index is 0.0916. The molecule has 3 N–H and O–H groups in total. The molecule has 0 aromatic heterocycles. The second-order valence-corrected chi connectivity index (χ2v) is 3.42. The first kappa shape index (κ1) is 10.9. The highest BCUT2D eigenvalue weighted by atomic mass is 16.3. The highest BCUT2D eigenvalue weighted by molar-refractivity contribution is 5.40. The summed E-state index contributed by atoms with van der Waals surface area (Å²) in [5, 5.41) is 21.9. The Hall–Kier alpha value is -1.22. The second-order valence-electron chi connectivity index (χ2n) is 3.42. The van der Waals surface area contributed by atoms with Crippen LogP contribution < -0.4 is 5.32 Å². The van der Waals surface area contributed by atoms with Crippen LogP contribution >= 0.6 is 0 Å². The van der Waals surface area contributed by atoms with Crippen LogP contribution in [0, 0.1) is 0 Å². The number of rotatable bonds is 4. The van der Waals surface area contributed by atoms with Crippen LogP contribution in [0.5, 0.6) is 11.5 Å². The van der Waals surface area contributed by atoms with Crippen LogP contribution in [0.1, 0.15) is 31.9 Å². The fourth-order valence-electron chi connectivity index (χ4n) is 1.37. The number of hydrogen-bond acceptors (Lipinski definition) is 3. The molecular weight excluding hydrogens is 178 g/mol. The van der Waals surface area contributed by atoms with Gasteiger partial charge < -0.3 is 15.5 Å². The van der Waals surface area contributed by atoms with E-state index in [4.69, 9.17) is 5.11 Å². The molecule has 0 aliphatic heterocycles. The van der Waals surface area contributed by atoms with Crippen molar-refractivity contribution in [3.63, 3.8) is 0 Å². The van der Waals surface area contributed by atoms with E-state index in [0.29, 0.717) is 0 Å². The van der Waals surface area contributed by atoms with Gasteiger partial charge in [0.15, 0.2) is 0 Å². The van der Waals surface area contributed by atoms with Crippen molar-refractivity contribution in [1.29, 1.82) is 0 Å². The van der Waals surface area contributed by atoms with E-state index >= 15 is 0 Å². The van der Waals surface area contributed by atoms with E-state index in [1.54, 1.807) is 12.1 Å². The molecule has 0 radical (unpaired) electrons. The van der Waals surface area contributed by atoms with Crippen molar-refractivity contribution < 1.29 is 10.2 Å². The number of phenolic OH excluding ortho intramolecular Hbond substituents is 2. The molecule has 0 amide bonds. The van der Waals surface area contributed by atoms with Crippen LogP contribution in [0.15, 0.2) is 18.2 Å². The van der Waals surface area contributed by atoms with Crippen molar-refractivity contribution >= 4 is 0 Å². The van der Waals surface area contributed by atoms with Crippen LogP contribution in [-0.2, 0) is 0 Å². The molecule has 0 saturated heterocycles. The summed E-state index contributed by atoms with van der Waals surface area (Å²) in [7, 11) is 0. The van der Waals surface area contributed by atoms with Crippen LogP contribution in [0.25, 0.3) is 0 Å². The lowest BCUT2D eigenvalue weighted by Gasteiger charge is -2.14. The van der Waals surface area contributed by atoms with Gasteiger partial charge in [0.05, 0.1) is 0 Å². The van der Waals surface area contributed by atoms with Crippen LogP contribution in [0.4, 0.5) is 0 Å². The van der Waals surface area contributed by atoms with Gasteiger partial charge in [0.1, 0.15) is 11.5 Å². The molecular formula is C11H17NO2. The standard InChI is InChI=1S/C11H17NO2/c1-3-6-12-8(2)10-5-4-9(13)7-11(10)14/h4-5,7-8,12-14H,3,6H2,1-2H3. The second kappa shape index (κ2) is 4.86. The molecule has 1 aromatic rings. The maximum absolute atomic E-state index is 9.56. The van der Waals surface area contributed by atoms with Gasteiger partial charge in [-0.3, -0.25) is 0 Å². The lowest BCUT2D eigenvalue weighted by molar-refractivity contribution is 0.436. The van der Waals surface area contributed by atoms with E-state index in [0.717, 1.165) is 18.5 Å². The van der Waals surface area contributed by atoms with Crippen LogP contribution in [0.3, 0.4) is 0 Å². The van der Waals surface area contributed by atoms with E-state index in [2.05, 4.69) is 12.2 Å². The van der Waals surface area contributed by atoms with Gasteiger partial charge in [-0.1, -0.05) is 13.0 Å². The first-order valence-electron chi connectivity index (χ1n) is 4.90. The normalized spacial score (nSPS) is 12.7. The molecule has 0 aliphatic rings. The maximum atomic E-state index is 9.56. The molecule has 1 unspecified atom stereocenters. The summed E-state index contributed by atoms with van der Waals surface area (Å²) in [6.45, 7) is 5.00. The zero-order valence-corrected chi connectivity index (χ0v) is 8.62. The van der Waals surface area contributed by atoms with Gasteiger partial charge in [-0.15, -0.1) is 0 Å². The van der Waals surface area contributed by atoms with E-state index in [-0.39, 0.29) is 17.5 Å². The molecule has 14 heavy (non-hydrogen) atoms. The predicted molar refractivity (Wildman–Crippen MR) is 56.5 cm³/mol. The average Bonchev–Trinajstić information content (AvgIpc) is 2.14. The Labute approximate surface area is 84.4 Å². The van der Waals surface area contributed by atoms with Crippen molar-refractivity contribution in [2.24, 2.45) is 0 Å². The molecule has 3 nitrogen and oxygen atoms in total. The van der Waals surface area contributed by atoms with Gasteiger partial charge in [0, 0.05) is 17.7 Å². The highest BCUT2D eigenvalue weighted by Crippen LogP contribution is 2.27. The van der Waals surface area contributed by atoms with Crippen molar-refractivity contribution in [3.05, 3.63) is 23.8 Å². The predicted octanol–water partition coefficient (Wildman–Crippen LogP) is 2.16. The highest BCUT2D eigenvalue weighted by Gasteiger charge is 2.09. The molecule has 0 fully saturated rings. The zero-order chi connectivity index (χ0) is 10.6. The van der Waals surface area contributed by atoms with Crippen molar-refractivity contribution in [2.45, 2.75) is 26.3 Å². The molecule has 0 aliphatic carbocycles. The average molecular weight is 195 g/mol. The minimum Gasteiger partial charge on any atom is -0.508 e. The van der Waals surface area contributed by atoms with Gasteiger partial charge >= 0.3 is 0 Å². The van der Waals surface area contributed by atoms with Crippen molar-refractivity contribution in [3.8, 4) is 11.5 Å². The Balaban J connectivity index is 2.74. The third kappa shape index (κ3) is 2.64. The molecule has 1 atom stereocenters. The Morgan fingerprint density at radius 1 is 1.36 bits per heavy atom. The summed E-state index contributed by atoms with van der Waals surface area (Å²) in [5.74, 6) is 0.232. The Bertz CT molecular complexity index is 299. The van der Waals surface area contributed by atoms with Gasteiger partial charge in [-0.05, 0) is 26.0 Å².